The van der Waals surface area contributed by atoms with Crippen molar-refractivity contribution in [2.75, 3.05) is 15.1 Å². The lowest BCUT2D eigenvalue weighted by Gasteiger charge is -2.36. The second-order valence-electron chi connectivity index (χ2n) is 9.01. The Kier molecular flexibility index (Phi) is 4.62. The van der Waals surface area contributed by atoms with Crippen LogP contribution in [0.5, 0.6) is 0 Å². The molecule has 0 saturated carbocycles. The minimum Gasteiger partial charge on any atom is -0.351 e. The third-order valence-electron chi connectivity index (χ3n) is 7.02. The number of carbonyl (C=O) groups excluding carboxylic acids is 3. The minimum atomic E-state index is -0.812. The smallest absolute Gasteiger partial charge is 0.247 e. The first-order valence-corrected chi connectivity index (χ1v) is 11.4. The molecule has 2 saturated heterocycles. The van der Waals surface area contributed by atoms with Crippen molar-refractivity contribution < 1.29 is 14.4 Å². The first-order chi connectivity index (χ1) is 16.5. The van der Waals surface area contributed by atoms with Gasteiger partial charge in [-0.05, 0) is 42.8 Å². The predicted octanol–water partition coefficient (Wildman–Crippen LogP) is 4.02. The largest absolute Gasteiger partial charge is 0.351 e. The molecule has 0 radical (unpaired) electrons. The Labute approximate surface area is 197 Å². The van der Waals surface area contributed by atoms with Crippen molar-refractivity contribution in [2.45, 2.75) is 19.0 Å². The Morgan fingerprint density at radius 1 is 0.824 bits per heavy atom. The van der Waals surface area contributed by atoms with E-state index in [2.05, 4.69) is 5.32 Å². The van der Waals surface area contributed by atoms with E-state index in [0.717, 1.165) is 16.8 Å². The quantitative estimate of drug-likeness (QED) is 0.613. The van der Waals surface area contributed by atoms with Gasteiger partial charge in [-0.15, -0.1) is 0 Å². The summed E-state index contributed by atoms with van der Waals surface area (Å²) >= 11 is 0. The van der Waals surface area contributed by atoms with Gasteiger partial charge in [0.2, 0.25) is 17.7 Å². The van der Waals surface area contributed by atoms with Crippen molar-refractivity contribution in [3.63, 3.8) is 0 Å². The SMILES string of the molecule is Cc1ccc(N2C(=O)[C@@H]3[C@H](C2=O)[C@@H](C(=O)Nc2ccccc2)N2c4ccccc4C=C[C@@H]32)cc1. The minimum absolute atomic E-state index is 0.257. The lowest BCUT2D eigenvalue weighted by Crippen LogP contribution is -2.50. The van der Waals surface area contributed by atoms with Gasteiger partial charge < -0.3 is 10.2 Å². The maximum absolute atomic E-state index is 13.8. The molecule has 0 spiro atoms. The van der Waals surface area contributed by atoms with Crippen LogP contribution < -0.4 is 15.1 Å². The molecule has 0 bridgehead atoms. The molecule has 3 heterocycles. The molecule has 4 atom stereocenters. The summed E-state index contributed by atoms with van der Waals surface area (Å²) in [7, 11) is 0. The number of rotatable bonds is 3. The van der Waals surface area contributed by atoms with Crippen LogP contribution in [0.4, 0.5) is 17.1 Å². The van der Waals surface area contributed by atoms with E-state index in [1.54, 1.807) is 12.1 Å². The molecule has 3 aliphatic heterocycles. The zero-order chi connectivity index (χ0) is 23.4. The summed E-state index contributed by atoms with van der Waals surface area (Å²) in [6.45, 7) is 1.96. The number of amides is 3. The molecule has 0 aromatic heterocycles. The first-order valence-electron chi connectivity index (χ1n) is 11.4. The van der Waals surface area contributed by atoms with Crippen molar-refractivity contribution in [3.05, 3.63) is 96.1 Å². The first kappa shape index (κ1) is 20.4. The Hall–Kier alpha value is -4.19. The number of anilines is 3. The number of benzene rings is 3. The van der Waals surface area contributed by atoms with Gasteiger partial charge in [0.25, 0.3) is 0 Å². The van der Waals surface area contributed by atoms with Crippen LogP contribution in [0.15, 0.2) is 84.9 Å². The van der Waals surface area contributed by atoms with E-state index in [1.165, 1.54) is 4.90 Å². The van der Waals surface area contributed by atoms with E-state index in [4.69, 9.17) is 0 Å². The maximum Gasteiger partial charge on any atom is 0.247 e. The van der Waals surface area contributed by atoms with Crippen LogP contribution >= 0.6 is 0 Å². The average molecular weight is 450 g/mol. The molecule has 34 heavy (non-hydrogen) atoms. The molecule has 6 heteroatoms. The third-order valence-corrected chi connectivity index (χ3v) is 7.02. The molecule has 3 aromatic carbocycles. The fraction of sp³-hybridized carbons (Fsp3) is 0.179. The highest BCUT2D eigenvalue weighted by atomic mass is 16.2. The third kappa shape index (κ3) is 2.99. The summed E-state index contributed by atoms with van der Waals surface area (Å²) in [6.07, 6.45) is 3.94. The Bertz CT molecular complexity index is 1330. The van der Waals surface area contributed by atoms with Gasteiger partial charge >= 0.3 is 0 Å². The molecule has 3 aliphatic rings. The highest BCUT2D eigenvalue weighted by Gasteiger charge is 2.64. The van der Waals surface area contributed by atoms with Gasteiger partial charge in [0, 0.05) is 11.4 Å². The van der Waals surface area contributed by atoms with Gasteiger partial charge in [-0.1, -0.05) is 66.2 Å². The molecule has 6 rings (SSSR count). The van der Waals surface area contributed by atoms with Crippen molar-refractivity contribution in [1.82, 2.24) is 0 Å². The summed E-state index contributed by atoms with van der Waals surface area (Å²) in [5.74, 6) is -2.29. The van der Waals surface area contributed by atoms with Gasteiger partial charge in [0.1, 0.15) is 6.04 Å². The van der Waals surface area contributed by atoms with Crippen LogP contribution in [0.25, 0.3) is 6.08 Å². The van der Waals surface area contributed by atoms with Gasteiger partial charge in [-0.2, -0.15) is 0 Å². The lowest BCUT2D eigenvalue weighted by atomic mass is 9.88. The van der Waals surface area contributed by atoms with E-state index >= 15 is 0 Å². The zero-order valence-corrected chi connectivity index (χ0v) is 18.6. The fourth-order valence-electron chi connectivity index (χ4n) is 5.50. The second kappa shape index (κ2) is 7.70. The molecule has 0 unspecified atom stereocenters. The highest BCUT2D eigenvalue weighted by molar-refractivity contribution is 6.25. The molecule has 0 aliphatic carbocycles. The van der Waals surface area contributed by atoms with Gasteiger partial charge in [0.05, 0.1) is 23.6 Å². The molecule has 168 valence electrons. The maximum atomic E-state index is 13.8. The molecule has 2 fully saturated rings. The van der Waals surface area contributed by atoms with E-state index in [-0.39, 0.29) is 23.8 Å². The van der Waals surface area contributed by atoms with Gasteiger partial charge in [0.15, 0.2) is 0 Å². The number of nitrogens with one attached hydrogen (secondary N) is 1. The van der Waals surface area contributed by atoms with Crippen molar-refractivity contribution in [1.29, 1.82) is 0 Å². The molecule has 6 nitrogen and oxygen atoms in total. The van der Waals surface area contributed by atoms with Crippen LogP contribution in [0.3, 0.4) is 0 Å². The average Bonchev–Trinajstić information content (AvgIpc) is 3.33. The van der Waals surface area contributed by atoms with E-state index < -0.39 is 17.9 Å². The normalized spacial score (nSPS) is 24.6. The van der Waals surface area contributed by atoms with Crippen LogP contribution in [-0.2, 0) is 14.4 Å². The summed E-state index contributed by atoms with van der Waals surface area (Å²) in [5, 5.41) is 2.97. The van der Waals surface area contributed by atoms with Crippen molar-refractivity contribution in [3.8, 4) is 0 Å². The summed E-state index contributed by atoms with van der Waals surface area (Å²) < 4.78 is 0. The second-order valence-corrected chi connectivity index (χ2v) is 9.01. The molecule has 1 N–H and O–H groups in total. The van der Waals surface area contributed by atoms with Gasteiger partial charge in [-0.3, -0.25) is 14.4 Å². The zero-order valence-electron chi connectivity index (χ0n) is 18.6. The summed E-state index contributed by atoms with van der Waals surface area (Å²) in [6, 6.07) is 23.1. The van der Waals surface area contributed by atoms with Crippen LogP contribution in [0.1, 0.15) is 11.1 Å². The molecular formula is C28H23N3O3. The lowest BCUT2D eigenvalue weighted by molar-refractivity contribution is -0.126. The standard InChI is InChI=1S/C28H23N3O3/c1-17-11-14-20(15-12-17)30-27(33)23-22-16-13-18-7-5-6-10-21(18)31(22)25(24(23)28(30)34)26(32)29-19-8-3-2-4-9-19/h2-16,22-25H,1H3,(H,29,32)/t22-,23-,24-,25-/m0/s1. The number of hydrogen-bond donors (Lipinski definition) is 1. The molecular weight excluding hydrogens is 426 g/mol. The van der Waals surface area contributed by atoms with Gasteiger partial charge in [-0.25, -0.2) is 4.90 Å². The van der Waals surface area contributed by atoms with E-state index in [0.29, 0.717) is 11.4 Å². The Balaban J connectivity index is 1.44. The Morgan fingerprint density at radius 2 is 1.50 bits per heavy atom. The molecule has 3 aromatic rings. The van der Waals surface area contributed by atoms with Crippen molar-refractivity contribution >= 4 is 40.9 Å². The van der Waals surface area contributed by atoms with Crippen molar-refractivity contribution in [2.24, 2.45) is 11.8 Å². The number of fused-ring (bicyclic) bond motifs is 5. The van der Waals surface area contributed by atoms with Crippen LogP contribution in [0, 0.1) is 18.8 Å². The number of aryl methyl sites for hydroxylation is 1. The monoisotopic (exact) mass is 449 g/mol. The number of hydrogen-bond acceptors (Lipinski definition) is 4. The number of nitrogens with zero attached hydrogens (tertiary/aromatic N) is 2. The highest BCUT2D eigenvalue weighted by Crippen LogP contribution is 2.49. The Morgan fingerprint density at radius 3 is 2.26 bits per heavy atom. The van der Waals surface area contributed by atoms with Crippen LogP contribution in [-0.4, -0.2) is 29.8 Å². The number of imide groups is 1. The molecule has 3 amide bonds. The topological polar surface area (TPSA) is 69.7 Å². The van der Waals surface area contributed by atoms with E-state index in [1.807, 2.05) is 90.7 Å². The number of carbonyl (C=O) groups is 3. The predicted molar refractivity (Wildman–Crippen MR) is 131 cm³/mol. The summed E-state index contributed by atoms with van der Waals surface area (Å²) in [5.41, 5.74) is 4.07. The summed E-state index contributed by atoms with van der Waals surface area (Å²) in [4.78, 5) is 44.4. The fourth-order valence-corrected chi connectivity index (χ4v) is 5.50. The van der Waals surface area contributed by atoms with E-state index in [9.17, 15) is 14.4 Å². The number of para-hydroxylation sites is 2. The van der Waals surface area contributed by atoms with Crippen LogP contribution in [0.2, 0.25) is 0 Å².